The summed E-state index contributed by atoms with van der Waals surface area (Å²) in [6, 6.07) is 10.6. The third-order valence-electron chi connectivity index (χ3n) is 5.59. The fourth-order valence-corrected chi connectivity index (χ4v) is 3.73. The maximum Gasteiger partial charge on any atom is 0.211 e. The summed E-state index contributed by atoms with van der Waals surface area (Å²) in [6.07, 6.45) is 0.502. The molecule has 0 spiro atoms. The number of H-pyrrole nitrogens is 1. The van der Waals surface area contributed by atoms with Gasteiger partial charge in [-0.05, 0) is 44.3 Å². The Morgan fingerprint density at radius 2 is 2.00 bits per heavy atom. The average Bonchev–Trinajstić information content (AvgIpc) is 3.17. The van der Waals surface area contributed by atoms with E-state index in [9.17, 15) is 9.18 Å². The highest BCUT2D eigenvalue weighted by Gasteiger charge is 2.18. The number of carbonyl (C=O) groups excluding carboxylic acids is 1. The Labute approximate surface area is 174 Å². The molecule has 2 aromatic carbocycles. The number of carbonyl (C=O) groups is 1. The van der Waals surface area contributed by atoms with Crippen LogP contribution >= 0.6 is 0 Å². The van der Waals surface area contributed by atoms with Crippen LogP contribution in [0.15, 0.2) is 36.4 Å². The molecule has 1 amide bonds. The second kappa shape index (κ2) is 8.16. The maximum absolute atomic E-state index is 14.5. The molecular weight excluding hydrogens is 383 g/mol. The smallest absolute Gasteiger partial charge is 0.211 e. The first-order valence-corrected chi connectivity index (χ1v) is 9.87. The normalized spacial score (nSPS) is 15.9. The van der Waals surface area contributed by atoms with Crippen LogP contribution in [0.2, 0.25) is 0 Å². The number of piperazine rings is 1. The van der Waals surface area contributed by atoms with Gasteiger partial charge in [0.2, 0.25) is 6.41 Å². The second-order valence-corrected chi connectivity index (χ2v) is 7.54. The number of imidazole rings is 1. The van der Waals surface area contributed by atoms with Crippen molar-refractivity contribution >= 4 is 40.1 Å². The zero-order valence-electron chi connectivity index (χ0n) is 17.1. The van der Waals surface area contributed by atoms with Gasteiger partial charge >= 0.3 is 0 Å². The van der Waals surface area contributed by atoms with E-state index in [4.69, 9.17) is 5.73 Å². The molecule has 156 valence electrons. The number of benzene rings is 2. The monoisotopic (exact) mass is 408 g/mol. The molecule has 1 saturated heterocycles. The lowest BCUT2D eigenvalue weighted by Crippen LogP contribution is -2.44. The Balaban J connectivity index is 1.70. The Morgan fingerprint density at radius 3 is 2.73 bits per heavy atom. The Morgan fingerprint density at radius 1 is 1.23 bits per heavy atom. The van der Waals surface area contributed by atoms with Gasteiger partial charge in [0.05, 0.1) is 28.0 Å². The Bertz CT molecular complexity index is 1110. The van der Waals surface area contributed by atoms with E-state index in [0.717, 1.165) is 42.9 Å². The summed E-state index contributed by atoms with van der Waals surface area (Å²) in [5.74, 6) is 0.0606. The number of hydrogen-bond acceptors (Lipinski definition) is 5. The van der Waals surface area contributed by atoms with Crippen LogP contribution in [0.25, 0.3) is 22.3 Å². The molecule has 3 aromatic rings. The van der Waals surface area contributed by atoms with Gasteiger partial charge in [0.1, 0.15) is 11.6 Å². The third-order valence-corrected chi connectivity index (χ3v) is 5.59. The Kier molecular flexibility index (Phi) is 5.41. The number of nitrogens with one attached hydrogen (secondary N) is 2. The van der Waals surface area contributed by atoms with Crippen LogP contribution in [-0.2, 0) is 4.79 Å². The molecule has 0 atom stereocenters. The number of allylic oxidation sites excluding steroid dienone is 1. The number of amides is 1. The fourth-order valence-electron chi connectivity index (χ4n) is 3.73. The van der Waals surface area contributed by atoms with E-state index in [0.29, 0.717) is 23.5 Å². The fraction of sp³-hybridized carbons (Fsp3) is 0.273. The predicted octanol–water partition coefficient (Wildman–Crippen LogP) is 2.87. The first-order valence-electron chi connectivity index (χ1n) is 9.87. The lowest BCUT2D eigenvalue weighted by atomic mass is 10.0. The highest BCUT2D eigenvalue weighted by molar-refractivity contribution is 5.94. The molecule has 2 heterocycles. The highest BCUT2D eigenvalue weighted by atomic mass is 19.1. The van der Waals surface area contributed by atoms with Gasteiger partial charge in [-0.3, -0.25) is 4.79 Å². The van der Waals surface area contributed by atoms with Crippen LogP contribution in [0, 0.1) is 5.82 Å². The van der Waals surface area contributed by atoms with Crippen LogP contribution in [0.1, 0.15) is 18.3 Å². The minimum absolute atomic E-state index is 0.153. The van der Waals surface area contributed by atoms with Gasteiger partial charge in [-0.2, -0.15) is 0 Å². The number of rotatable bonds is 5. The number of likely N-dealkylation sites (N-methyl/N-ethyl adjacent to an activating group) is 1. The molecular formula is C22H25FN6O. The summed E-state index contributed by atoms with van der Waals surface area (Å²) in [7, 11) is 2.13. The topological polar surface area (TPSA) is 90.3 Å². The first kappa shape index (κ1) is 19.9. The van der Waals surface area contributed by atoms with Crippen molar-refractivity contribution in [2.75, 3.05) is 43.4 Å². The van der Waals surface area contributed by atoms with Crippen LogP contribution in [0.5, 0.6) is 0 Å². The number of aromatic nitrogens is 2. The van der Waals surface area contributed by atoms with Crippen molar-refractivity contribution in [2.45, 2.75) is 6.92 Å². The van der Waals surface area contributed by atoms with Gasteiger partial charge in [0.25, 0.3) is 0 Å². The average molecular weight is 408 g/mol. The lowest BCUT2D eigenvalue weighted by Gasteiger charge is -2.34. The molecule has 0 bridgehead atoms. The van der Waals surface area contributed by atoms with E-state index in [2.05, 4.69) is 44.3 Å². The molecule has 1 aliphatic heterocycles. The molecule has 30 heavy (non-hydrogen) atoms. The lowest BCUT2D eigenvalue weighted by molar-refractivity contribution is -0.105. The number of fused-ring (bicyclic) bond motifs is 1. The molecule has 4 N–H and O–H groups in total. The van der Waals surface area contributed by atoms with Gasteiger partial charge in [-0.25, -0.2) is 9.37 Å². The molecule has 1 fully saturated rings. The molecule has 1 aromatic heterocycles. The summed E-state index contributed by atoms with van der Waals surface area (Å²) in [5, 5.41) is 2.50. The number of hydrogen-bond donors (Lipinski definition) is 3. The van der Waals surface area contributed by atoms with E-state index in [-0.39, 0.29) is 11.3 Å². The summed E-state index contributed by atoms with van der Waals surface area (Å²) in [6.45, 7) is 5.81. The minimum Gasteiger partial charge on any atom is -0.398 e. The minimum atomic E-state index is -0.507. The number of aromatic amines is 1. The zero-order valence-corrected chi connectivity index (χ0v) is 17.1. The van der Waals surface area contributed by atoms with Crippen LogP contribution < -0.4 is 16.0 Å². The summed E-state index contributed by atoms with van der Waals surface area (Å²) in [5.41, 5.74) is 10.4. The van der Waals surface area contributed by atoms with E-state index in [1.165, 1.54) is 12.1 Å². The quantitative estimate of drug-likeness (QED) is 0.565. The van der Waals surface area contributed by atoms with Crippen molar-refractivity contribution in [2.24, 2.45) is 5.73 Å². The first-order chi connectivity index (χ1) is 14.5. The Hall–Kier alpha value is -3.39. The highest BCUT2D eigenvalue weighted by Crippen LogP contribution is 2.30. The van der Waals surface area contributed by atoms with Crippen molar-refractivity contribution < 1.29 is 9.18 Å². The third kappa shape index (κ3) is 3.73. The van der Waals surface area contributed by atoms with E-state index in [1.54, 1.807) is 13.0 Å². The van der Waals surface area contributed by atoms with E-state index >= 15 is 0 Å². The standard InChI is InChI=1S/C22H25FN6O/c1-14(21(24)20-16(23)4-3-5-18(20)25-13-30)22-26-17-7-6-15(12-19(17)27-22)29-10-8-28(2)9-11-29/h3-7,12-13H,8-11,24H2,1-2H3,(H,25,30)(H,26,27)/b21-14-. The molecule has 4 rings (SSSR count). The largest absolute Gasteiger partial charge is 0.398 e. The SMILES string of the molecule is C/C(=C(/N)c1c(F)cccc1NC=O)c1nc2ccc(N3CCN(C)CC3)cc2[nH]1. The molecule has 0 unspecified atom stereocenters. The van der Waals surface area contributed by atoms with Crippen LogP contribution in [0.3, 0.4) is 0 Å². The van der Waals surface area contributed by atoms with Crippen molar-refractivity contribution in [3.63, 3.8) is 0 Å². The molecule has 8 heteroatoms. The number of anilines is 2. The van der Waals surface area contributed by atoms with Gasteiger partial charge in [0, 0.05) is 37.4 Å². The van der Waals surface area contributed by atoms with Crippen LogP contribution in [0.4, 0.5) is 15.8 Å². The zero-order chi connectivity index (χ0) is 21.3. The number of halogens is 1. The van der Waals surface area contributed by atoms with Crippen LogP contribution in [-0.4, -0.2) is 54.5 Å². The maximum atomic E-state index is 14.5. The molecule has 0 radical (unpaired) electrons. The van der Waals surface area contributed by atoms with Gasteiger partial charge in [-0.15, -0.1) is 0 Å². The van der Waals surface area contributed by atoms with Crippen molar-refractivity contribution in [3.8, 4) is 0 Å². The number of nitrogens with zero attached hydrogens (tertiary/aromatic N) is 3. The van der Waals surface area contributed by atoms with Gasteiger partial charge < -0.3 is 25.8 Å². The summed E-state index contributed by atoms with van der Waals surface area (Å²) < 4.78 is 14.5. The number of nitrogens with two attached hydrogens (primary N) is 1. The van der Waals surface area contributed by atoms with E-state index < -0.39 is 5.82 Å². The predicted molar refractivity (Wildman–Crippen MR) is 119 cm³/mol. The van der Waals surface area contributed by atoms with Gasteiger partial charge in [0.15, 0.2) is 0 Å². The van der Waals surface area contributed by atoms with Crippen molar-refractivity contribution in [1.29, 1.82) is 0 Å². The van der Waals surface area contributed by atoms with Crippen molar-refractivity contribution in [3.05, 3.63) is 53.6 Å². The summed E-state index contributed by atoms with van der Waals surface area (Å²) in [4.78, 5) is 23.5. The molecule has 0 saturated carbocycles. The summed E-state index contributed by atoms with van der Waals surface area (Å²) >= 11 is 0. The van der Waals surface area contributed by atoms with Gasteiger partial charge in [-0.1, -0.05) is 6.07 Å². The second-order valence-electron chi connectivity index (χ2n) is 7.54. The van der Waals surface area contributed by atoms with Crippen molar-refractivity contribution in [1.82, 2.24) is 14.9 Å². The molecule has 7 nitrogen and oxygen atoms in total. The molecule has 1 aliphatic rings. The molecule has 0 aliphatic carbocycles. The van der Waals surface area contributed by atoms with E-state index in [1.807, 2.05) is 6.07 Å².